The van der Waals surface area contributed by atoms with Crippen LogP contribution in [0.5, 0.6) is 0 Å². The van der Waals surface area contributed by atoms with Crippen molar-refractivity contribution in [2.45, 2.75) is 43.8 Å². The highest BCUT2D eigenvalue weighted by Gasteiger charge is 2.20. The minimum atomic E-state index is -0.533. The lowest BCUT2D eigenvalue weighted by Crippen LogP contribution is -2.38. The van der Waals surface area contributed by atoms with Crippen LogP contribution in [0.25, 0.3) is 0 Å². The first-order chi connectivity index (χ1) is 9.03. The second kappa shape index (κ2) is 7.31. The standard InChI is InChI=1S/C13H20N4OS/c1-4-5-10-8-11(18)17-12(16-10)19-7-6-13(2,9-14)15-3/h8,15H,4-7H2,1-3H3,(H,16,17,18). The smallest absolute Gasteiger partial charge is 0.251 e. The van der Waals surface area contributed by atoms with E-state index in [0.29, 0.717) is 11.6 Å². The van der Waals surface area contributed by atoms with Crippen molar-refractivity contribution in [2.24, 2.45) is 0 Å². The summed E-state index contributed by atoms with van der Waals surface area (Å²) < 4.78 is 0. The Bertz CT molecular complexity index is 508. The zero-order valence-electron chi connectivity index (χ0n) is 11.6. The maximum atomic E-state index is 11.5. The predicted molar refractivity (Wildman–Crippen MR) is 77.3 cm³/mol. The number of hydrogen-bond donors (Lipinski definition) is 2. The van der Waals surface area contributed by atoms with E-state index in [1.54, 1.807) is 13.1 Å². The Morgan fingerprint density at radius 2 is 2.37 bits per heavy atom. The van der Waals surface area contributed by atoms with Crippen molar-refractivity contribution >= 4 is 11.8 Å². The topological polar surface area (TPSA) is 81.6 Å². The Morgan fingerprint density at radius 1 is 1.63 bits per heavy atom. The van der Waals surface area contributed by atoms with Crippen molar-refractivity contribution in [3.63, 3.8) is 0 Å². The second-order valence-electron chi connectivity index (χ2n) is 4.58. The molecule has 0 aliphatic rings. The molecule has 0 radical (unpaired) electrons. The number of nitriles is 1. The molecule has 0 saturated heterocycles. The van der Waals surface area contributed by atoms with E-state index in [4.69, 9.17) is 5.26 Å². The number of hydrogen-bond acceptors (Lipinski definition) is 5. The maximum Gasteiger partial charge on any atom is 0.251 e. The molecule has 1 unspecified atom stereocenters. The molecule has 1 heterocycles. The van der Waals surface area contributed by atoms with E-state index in [0.717, 1.165) is 24.3 Å². The van der Waals surface area contributed by atoms with Gasteiger partial charge in [0, 0.05) is 17.5 Å². The molecule has 0 saturated carbocycles. The molecule has 0 fully saturated rings. The summed E-state index contributed by atoms with van der Waals surface area (Å²) in [6, 6.07) is 3.78. The van der Waals surface area contributed by atoms with Crippen molar-refractivity contribution in [3.05, 3.63) is 22.1 Å². The zero-order valence-corrected chi connectivity index (χ0v) is 12.4. The van der Waals surface area contributed by atoms with E-state index in [1.807, 2.05) is 6.92 Å². The van der Waals surface area contributed by atoms with Crippen LogP contribution in [0.4, 0.5) is 0 Å². The van der Waals surface area contributed by atoms with E-state index < -0.39 is 5.54 Å². The van der Waals surface area contributed by atoms with Gasteiger partial charge in [-0.1, -0.05) is 25.1 Å². The largest absolute Gasteiger partial charge is 0.303 e. The minimum Gasteiger partial charge on any atom is -0.303 e. The molecule has 0 aliphatic heterocycles. The van der Waals surface area contributed by atoms with Crippen LogP contribution in [-0.2, 0) is 6.42 Å². The molecule has 0 aromatic carbocycles. The molecule has 0 amide bonds. The van der Waals surface area contributed by atoms with Crippen LogP contribution in [0.1, 0.15) is 32.4 Å². The van der Waals surface area contributed by atoms with Gasteiger partial charge in [-0.15, -0.1) is 0 Å². The highest BCUT2D eigenvalue weighted by atomic mass is 32.2. The van der Waals surface area contributed by atoms with Gasteiger partial charge in [-0.05, 0) is 26.8 Å². The highest BCUT2D eigenvalue weighted by Crippen LogP contribution is 2.18. The van der Waals surface area contributed by atoms with Crippen molar-refractivity contribution in [1.82, 2.24) is 15.3 Å². The fourth-order valence-electron chi connectivity index (χ4n) is 1.52. The van der Waals surface area contributed by atoms with Crippen molar-refractivity contribution in [3.8, 4) is 6.07 Å². The summed E-state index contributed by atoms with van der Waals surface area (Å²) in [7, 11) is 1.77. The number of aromatic nitrogens is 2. The molecule has 19 heavy (non-hydrogen) atoms. The van der Waals surface area contributed by atoms with Gasteiger partial charge in [0.15, 0.2) is 5.16 Å². The summed E-state index contributed by atoms with van der Waals surface area (Å²) in [6.45, 7) is 3.91. The Hall–Kier alpha value is -1.32. The van der Waals surface area contributed by atoms with Gasteiger partial charge in [-0.25, -0.2) is 4.98 Å². The van der Waals surface area contributed by atoms with Gasteiger partial charge in [0.2, 0.25) is 0 Å². The fraction of sp³-hybridized carbons (Fsp3) is 0.615. The summed E-state index contributed by atoms with van der Waals surface area (Å²) in [5.74, 6) is 0.726. The molecule has 1 rings (SSSR count). The van der Waals surface area contributed by atoms with Crippen LogP contribution in [0.2, 0.25) is 0 Å². The Kier molecular flexibility index (Phi) is 6.06. The van der Waals surface area contributed by atoms with Crippen LogP contribution in [0, 0.1) is 11.3 Å². The molecule has 2 N–H and O–H groups in total. The number of rotatable bonds is 7. The molecule has 1 atom stereocenters. The van der Waals surface area contributed by atoms with E-state index in [2.05, 4.69) is 28.3 Å². The normalized spacial score (nSPS) is 13.8. The van der Waals surface area contributed by atoms with E-state index in [9.17, 15) is 4.79 Å². The van der Waals surface area contributed by atoms with Crippen LogP contribution < -0.4 is 10.9 Å². The number of thioether (sulfide) groups is 1. The number of nitrogens with zero attached hydrogens (tertiary/aromatic N) is 2. The number of aryl methyl sites for hydroxylation is 1. The molecular formula is C13H20N4OS. The lowest BCUT2D eigenvalue weighted by Gasteiger charge is -2.19. The van der Waals surface area contributed by atoms with Crippen LogP contribution >= 0.6 is 11.8 Å². The molecule has 6 heteroatoms. The summed E-state index contributed by atoms with van der Waals surface area (Å²) in [5.41, 5.74) is 0.178. The minimum absolute atomic E-state index is 0.113. The van der Waals surface area contributed by atoms with E-state index in [-0.39, 0.29) is 5.56 Å². The quantitative estimate of drug-likeness (QED) is 0.587. The van der Waals surface area contributed by atoms with Crippen molar-refractivity contribution in [1.29, 1.82) is 5.26 Å². The SMILES string of the molecule is CCCc1cc(=O)[nH]c(SCCC(C)(C#N)NC)n1. The third-order valence-corrected chi connectivity index (χ3v) is 3.79. The number of H-pyrrole nitrogens is 1. The van der Waals surface area contributed by atoms with Gasteiger partial charge in [-0.2, -0.15) is 5.26 Å². The summed E-state index contributed by atoms with van der Waals surface area (Å²) in [5, 5.41) is 12.7. The monoisotopic (exact) mass is 280 g/mol. The second-order valence-corrected chi connectivity index (χ2v) is 5.67. The maximum absolute atomic E-state index is 11.5. The Morgan fingerprint density at radius 3 is 2.95 bits per heavy atom. The van der Waals surface area contributed by atoms with Crippen LogP contribution in [-0.4, -0.2) is 28.3 Å². The third kappa shape index (κ3) is 5.05. The molecular weight excluding hydrogens is 260 g/mol. The highest BCUT2D eigenvalue weighted by molar-refractivity contribution is 7.99. The summed E-state index contributed by atoms with van der Waals surface area (Å²) in [4.78, 5) is 18.6. The van der Waals surface area contributed by atoms with E-state index in [1.165, 1.54) is 11.8 Å². The predicted octanol–water partition coefficient (Wildman–Crippen LogP) is 1.71. The molecule has 104 valence electrons. The Labute approximate surface area is 117 Å². The molecule has 1 aromatic rings. The van der Waals surface area contributed by atoms with Gasteiger partial charge in [0.1, 0.15) is 5.54 Å². The van der Waals surface area contributed by atoms with Gasteiger partial charge in [0.25, 0.3) is 5.56 Å². The molecule has 5 nitrogen and oxygen atoms in total. The van der Waals surface area contributed by atoms with Crippen LogP contribution in [0.3, 0.4) is 0 Å². The van der Waals surface area contributed by atoms with Crippen molar-refractivity contribution in [2.75, 3.05) is 12.8 Å². The van der Waals surface area contributed by atoms with Gasteiger partial charge in [-0.3, -0.25) is 4.79 Å². The zero-order chi connectivity index (χ0) is 14.3. The first-order valence-electron chi connectivity index (χ1n) is 6.36. The number of nitrogens with one attached hydrogen (secondary N) is 2. The first kappa shape index (κ1) is 15.7. The fourth-order valence-corrected chi connectivity index (χ4v) is 2.58. The van der Waals surface area contributed by atoms with Crippen molar-refractivity contribution < 1.29 is 0 Å². The summed E-state index contributed by atoms with van der Waals surface area (Å²) in [6.07, 6.45) is 2.46. The lowest BCUT2D eigenvalue weighted by molar-refractivity contribution is 0.479. The van der Waals surface area contributed by atoms with Gasteiger partial charge in [0.05, 0.1) is 6.07 Å². The number of aromatic amines is 1. The molecule has 0 spiro atoms. The molecule has 1 aromatic heterocycles. The average Bonchev–Trinajstić information content (AvgIpc) is 2.38. The van der Waals surface area contributed by atoms with E-state index >= 15 is 0 Å². The average molecular weight is 280 g/mol. The van der Waals surface area contributed by atoms with Gasteiger partial charge >= 0.3 is 0 Å². The van der Waals surface area contributed by atoms with Gasteiger partial charge < -0.3 is 10.3 Å². The third-order valence-electron chi connectivity index (χ3n) is 2.92. The summed E-state index contributed by atoms with van der Waals surface area (Å²) >= 11 is 1.47. The lowest BCUT2D eigenvalue weighted by atomic mass is 10.0. The molecule has 0 aliphatic carbocycles. The Balaban J connectivity index is 2.63. The molecule has 0 bridgehead atoms. The first-order valence-corrected chi connectivity index (χ1v) is 7.34. The van der Waals surface area contributed by atoms with Crippen LogP contribution in [0.15, 0.2) is 16.0 Å².